The predicted octanol–water partition coefficient (Wildman–Crippen LogP) is 4.09. The summed E-state index contributed by atoms with van der Waals surface area (Å²) < 4.78 is 7.60. The summed E-state index contributed by atoms with van der Waals surface area (Å²) in [5.41, 5.74) is 6.57. The van der Waals surface area contributed by atoms with Crippen molar-refractivity contribution >= 4 is 16.8 Å². The van der Waals surface area contributed by atoms with Gasteiger partial charge in [-0.3, -0.25) is 19.4 Å². The molecule has 0 atom stereocenters. The molecule has 0 saturated carbocycles. The number of hydrogen-bond acceptors (Lipinski definition) is 5. The van der Waals surface area contributed by atoms with E-state index in [1.54, 1.807) is 0 Å². The molecule has 1 amide bonds. The summed E-state index contributed by atoms with van der Waals surface area (Å²) in [6.07, 6.45) is 4.79. The normalized spacial score (nSPS) is 16.2. The smallest absolute Gasteiger partial charge is 0.274 e. The maximum absolute atomic E-state index is 13.6. The van der Waals surface area contributed by atoms with Crippen LogP contribution in [0.3, 0.4) is 0 Å². The van der Waals surface area contributed by atoms with Gasteiger partial charge in [0.15, 0.2) is 5.69 Å². The zero-order chi connectivity index (χ0) is 25.0. The summed E-state index contributed by atoms with van der Waals surface area (Å²) in [5.74, 6) is 0.0394. The van der Waals surface area contributed by atoms with E-state index in [1.807, 2.05) is 17.2 Å². The number of aryl methyl sites for hydroxylation is 2. The van der Waals surface area contributed by atoms with Crippen molar-refractivity contribution in [2.45, 2.75) is 38.9 Å². The van der Waals surface area contributed by atoms with E-state index in [2.05, 4.69) is 69.2 Å². The van der Waals surface area contributed by atoms with Crippen molar-refractivity contribution in [3.63, 3.8) is 0 Å². The summed E-state index contributed by atoms with van der Waals surface area (Å²) in [7, 11) is 0. The minimum Gasteiger partial charge on any atom is -0.378 e. The Kier molecular flexibility index (Phi) is 6.97. The van der Waals surface area contributed by atoms with E-state index < -0.39 is 0 Å². The number of amides is 1. The zero-order valence-electron chi connectivity index (χ0n) is 21.2. The van der Waals surface area contributed by atoms with Gasteiger partial charge in [-0.25, -0.2) is 0 Å². The van der Waals surface area contributed by atoms with Crippen molar-refractivity contribution in [3.8, 4) is 0 Å². The van der Waals surface area contributed by atoms with Gasteiger partial charge in [0.05, 0.1) is 18.7 Å². The van der Waals surface area contributed by atoms with E-state index in [0.717, 1.165) is 56.5 Å². The molecule has 7 heteroatoms. The lowest BCUT2D eigenvalue weighted by molar-refractivity contribution is 0.0297. The molecular formula is C30H33N5O2. The minimum atomic E-state index is 0.0394. The number of benzene rings is 2. The quantitative estimate of drug-likeness (QED) is 0.386. The molecule has 0 aliphatic carbocycles. The van der Waals surface area contributed by atoms with Gasteiger partial charge in [-0.1, -0.05) is 48.5 Å². The van der Waals surface area contributed by atoms with Crippen LogP contribution in [0.5, 0.6) is 0 Å². The van der Waals surface area contributed by atoms with E-state index in [-0.39, 0.29) is 5.91 Å². The number of pyridine rings is 1. The number of fused-ring (bicyclic) bond motifs is 2. The van der Waals surface area contributed by atoms with Crippen molar-refractivity contribution in [3.05, 3.63) is 94.9 Å². The Morgan fingerprint density at radius 2 is 1.76 bits per heavy atom. The number of ether oxygens (including phenoxy) is 1. The van der Waals surface area contributed by atoms with Gasteiger partial charge in [0, 0.05) is 68.5 Å². The monoisotopic (exact) mass is 495 g/mol. The Hall–Kier alpha value is -3.55. The van der Waals surface area contributed by atoms with Gasteiger partial charge in [-0.2, -0.15) is 5.10 Å². The zero-order valence-corrected chi connectivity index (χ0v) is 21.2. The molecule has 2 aliphatic heterocycles. The molecule has 2 aromatic carbocycles. The summed E-state index contributed by atoms with van der Waals surface area (Å²) in [4.78, 5) is 22.4. The number of carbonyl (C=O) groups excluding carboxylic acids is 1. The molecule has 0 bridgehead atoms. The third kappa shape index (κ3) is 5.15. The molecule has 0 spiro atoms. The van der Waals surface area contributed by atoms with E-state index in [9.17, 15) is 4.79 Å². The third-order valence-corrected chi connectivity index (χ3v) is 7.53. The van der Waals surface area contributed by atoms with E-state index in [4.69, 9.17) is 9.84 Å². The number of nitrogens with zero attached hydrogens (tertiary/aromatic N) is 5. The number of morpholine rings is 1. The molecule has 2 aromatic heterocycles. The van der Waals surface area contributed by atoms with Crippen LogP contribution < -0.4 is 0 Å². The van der Waals surface area contributed by atoms with Crippen LogP contribution in [0, 0.1) is 0 Å². The highest BCUT2D eigenvalue weighted by atomic mass is 16.5. The Balaban J connectivity index is 1.25. The van der Waals surface area contributed by atoms with Crippen LogP contribution in [-0.4, -0.2) is 63.3 Å². The second kappa shape index (κ2) is 10.8. The topological polar surface area (TPSA) is 63.5 Å². The van der Waals surface area contributed by atoms with Crippen LogP contribution >= 0.6 is 0 Å². The number of para-hydroxylation sites is 1. The first-order valence-corrected chi connectivity index (χ1v) is 13.3. The Morgan fingerprint density at radius 3 is 2.62 bits per heavy atom. The molecule has 37 heavy (non-hydrogen) atoms. The van der Waals surface area contributed by atoms with Crippen LogP contribution in [0.15, 0.2) is 66.9 Å². The summed E-state index contributed by atoms with van der Waals surface area (Å²) in [6.45, 7) is 5.76. The molecule has 0 N–H and O–H groups in total. The molecule has 0 radical (unpaired) electrons. The number of aromatic nitrogens is 3. The predicted molar refractivity (Wildman–Crippen MR) is 143 cm³/mol. The van der Waals surface area contributed by atoms with Crippen LogP contribution in [-0.2, 0) is 37.2 Å². The van der Waals surface area contributed by atoms with Crippen molar-refractivity contribution < 1.29 is 9.53 Å². The maximum atomic E-state index is 13.6. The summed E-state index contributed by atoms with van der Waals surface area (Å²) in [6, 6.07) is 21.0. The second-order valence-corrected chi connectivity index (χ2v) is 9.94. The lowest BCUT2D eigenvalue weighted by atomic mass is 10.0. The van der Waals surface area contributed by atoms with Crippen molar-refractivity contribution in [2.24, 2.45) is 0 Å². The first kappa shape index (κ1) is 23.8. The lowest BCUT2D eigenvalue weighted by Gasteiger charge is -2.29. The van der Waals surface area contributed by atoms with Crippen molar-refractivity contribution in [2.75, 3.05) is 32.8 Å². The Morgan fingerprint density at radius 1 is 0.946 bits per heavy atom. The van der Waals surface area contributed by atoms with Crippen LogP contribution in [0.2, 0.25) is 0 Å². The van der Waals surface area contributed by atoms with Gasteiger partial charge < -0.3 is 9.64 Å². The fourth-order valence-electron chi connectivity index (χ4n) is 5.57. The average molecular weight is 496 g/mol. The molecule has 190 valence electrons. The van der Waals surface area contributed by atoms with E-state index >= 15 is 0 Å². The first-order chi connectivity index (χ1) is 18.3. The first-order valence-electron chi connectivity index (χ1n) is 13.3. The summed E-state index contributed by atoms with van der Waals surface area (Å²) >= 11 is 0. The highest BCUT2D eigenvalue weighted by Gasteiger charge is 2.31. The van der Waals surface area contributed by atoms with Crippen molar-refractivity contribution in [1.82, 2.24) is 24.6 Å². The minimum absolute atomic E-state index is 0.0394. The maximum Gasteiger partial charge on any atom is 0.274 e. The van der Waals surface area contributed by atoms with E-state index in [1.165, 1.54) is 22.2 Å². The molecule has 1 fully saturated rings. The number of rotatable bonds is 7. The molecule has 4 heterocycles. The average Bonchev–Trinajstić information content (AvgIpc) is 3.31. The third-order valence-electron chi connectivity index (χ3n) is 7.53. The van der Waals surface area contributed by atoms with Crippen molar-refractivity contribution in [1.29, 1.82) is 0 Å². The molecular weight excluding hydrogens is 462 g/mol. The van der Waals surface area contributed by atoms with Gasteiger partial charge in [0.2, 0.25) is 0 Å². The van der Waals surface area contributed by atoms with Gasteiger partial charge in [-0.15, -0.1) is 0 Å². The number of carbonyl (C=O) groups is 1. The highest BCUT2D eigenvalue weighted by Crippen LogP contribution is 2.27. The molecule has 7 nitrogen and oxygen atoms in total. The standard InChI is InChI=1S/C30H33N5O2/c36-30(34-17-19-37-20-18-34)29-26-22-33(21-24-12-14-31-27-11-5-4-10-25(24)27)16-13-28(26)35(32-29)15-6-9-23-7-2-1-3-8-23/h1-5,7-8,10-12,14H,6,9,13,15-22H2. The van der Waals surface area contributed by atoms with Crippen LogP contribution in [0.4, 0.5) is 0 Å². The fraction of sp³-hybridized carbons (Fsp3) is 0.367. The Labute approximate surface area is 217 Å². The van der Waals surface area contributed by atoms with Gasteiger partial charge >= 0.3 is 0 Å². The lowest BCUT2D eigenvalue weighted by Crippen LogP contribution is -2.41. The van der Waals surface area contributed by atoms with E-state index in [0.29, 0.717) is 32.0 Å². The Bertz CT molecular complexity index is 1370. The molecule has 6 rings (SSSR count). The van der Waals surface area contributed by atoms with Crippen LogP contribution in [0.1, 0.15) is 39.3 Å². The van der Waals surface area contributed by atoms with Gasteiger partial charge in [0.25, 0.3) is 5.91 Å². The molecule has 2 aliphatic rings. The summed E-state index contributed by atoms with van der Waals surface area (Å²) in [5, 5.41) is 6.13. The molecule has 0 unspecified atom stereocenters. The highest BCUT2D eigenvalue weighted by molar-refractivity contribution is 5.94. The van der Waals surface area contributed by atoms with Gasteiger partial charge in [-0.05, 0) is 36.1 Å². The van der Waals surface area contributed by atoms with Gasteiger partial charge in [0.1, 0.15) is 0 Å². The second-order valence-electron chi connectivity index (χ2n) is 9.94. The fourth-order valence-corrected chi connectivity index (χ4v) is 5.57. The molecule has 1 saturated heterocycles. The molecule has 4 aromatic rings. The largest absolute Gasteiger partial charge is 0.378 e. The number of hydrogen-bond donors (Lipinski definition) is 0. The SMILES string of the molecule is O=C(c1nn(CCCc2ccccc2)c2c1CN(Cc1ccnc3ccccc13)CC2)N1CCOCC1. The van der Waals surface area contributed by atoms with Crippen LogP contribution in [0.25, 0.3) is 10.9 Å².